The van der Waals surface area contributed by atoms with Crippen molar-refractivity contribution in [3.63, 3.8) is 0 Å². The Bertz CT molecular complexity index is 836. The van der Waals surface area contributed by atoms with Crippen molar-refractivity contribution in [3.05, 3.63) is 53.6 Å². The third-order valence-electron chi connectivity index (χ3n) is 4.00. The Balaban J connectivity index is 1.88. The van der Waals surface area contributed by atoms with Crippen LogP contribution in [0.3, 0.4) is 0 Å². The van der Waals surface area contributed by atoms with Gasteiger partial charge < -0.3 is 4.57 Å². The van der Waals surface area contributed by atoms with E-state index in [0.29, 0.717) is 11.1 Å². The molecule has 0 bridgehead atoms. The van der Waals surface area contributed by atoms with E-state index in [0.717, 1.165) is 28.2 Å². The van der Waals surface area contributed by atoms with E-state index in [-0.39, 0.29) is 0 Å². The fraction of sp³-hybridized carbons (Fsp3) is 0.235. The molecule has 22 heavy (non-hydrogen) atoms. The Kier molecular flexibility index (Phi) is 3.19. The molecule has 110 valence electrons. The normalized spacial score (nSPS) is 14.3. The maximum absolute atomic E-state index is 6.24. The van der Waals surface area contributed by atoms with E-state index in [9.17, 15) is 0 Å². The van der Waals surface area contributed by atoms with Crippen LogP contribution in [-0.2, 0) is 7.05 Å². The topological polar surface area (TPSA) is 43.6 Å². The van der Waals surface area contributed by atoms with Gasteiger partial charge in [-0.1, -0.05) is 35.9 Å². The number of pyridine rings is 1. The van der Waals surface area contributed by atoms with Crippen LogP contribution in [0.4, 0.5) is 0 Å². The molecule has 5 heteroatoms. The van der Waals surface area contributed by atoms with Crippen molar-refractivity contribution < 1.29 is 0 Å². The number of aromatic nitrogens is 4. The van der Waals surface area contributed by atoms with E-state index < -0.39 is 0 Å². The van der Waals surface area contributed by atoms with Crippen molar-refractivity contribution in [1.82, 2.24) is 19.7 Å². The lowest BCUT2D eigenvalue weighted by Gasteiger charge is -2.11. The van der Waals surface area contributed by atoms with Crippen LogP contribution >= 0.6 is 11.6 Å². The Morgan fingerprint density at radius 3 is 2.59 bits per heavy atom. The zero-order valence-electron chi connectivity index (χ0n) is 12.2. The summed E-state index contributed by atoms with van der Waals surface area (Å²) in [7, 11) is 1.95. The highest BCUT2D eigenvalue weighted by atomic mass is 35.5. The van der Waals surface area contributed by atoms with Gasteiger partial charge in [-0.15, -0.1) is 10.2 Å². The summed E-state index contributed by atoms with van der Waals surface area (Å²) in [6.45, 7) is 0. The second kappa shape index (κ2) is 5.21. The monoisotopic (exact) mass is 310 g/mol. The maximum Gasteiger partial charge on any atom is 0.164 e. The first-order valence-electron chi connectivity index (χ1n) is 7.33. The number of nitrogens with zero attached hydrogens (tertiary/aromatic N) is 4. The lowest BCUT2D eigenvalue weighted by atomic mass is 9.99. The van der Waals surface area contributed by atoms with Crippen LogP contribution < -0.4 is 0 Å². The molecular formula is C17H15ClN4. The van der Waals surface area contributed by atoms with Crippen molar-refractivity contribution in [2.45, 2.75) is 18.8 Å². The van der Waals surface area contributed by atoms with E-state index in [2.05, 4.69) is 33.4 Å². The van der Waals surface area contributed by atoms with E-state index >= 15 is 0 Å². The molecule has 0 amide bonds. The first-order valence-corrected chi connectivity index (χ1v) is 7.71. The molecule has 0 unspecified atom stereocenters. The Morgan fingerprint density at radius 1 is 1.14 bits per heavy atom. The van der Waals surface area contributed by atoms with Crippen LogP contribution in [0.25, 0.3) is 22.5 Å². The first kappa shape index (κ1) is 13.5. The molecule has 2 aromatic heterocycles. The van der Waals surface area contributed by atoms with E-state index in [1.807, 2.05) is 29.8 Å². The van der Waals surface area contributed by atoms with Crippen molar-refractivity contribution in [2.24, 2.45) is 7.05 Å². The molecule has 1 aliphatic carbocycles. The Hall–Kier alpha value is -2.20. The zero-order chi connectivity index (χ0) is 15.1. The molecule has 2 heterocycles. The lowest BCUT2D eigenvalue weighted by Crippen LogP contribution is -1.95. The van der Waals surface area contributed by atoms with Crippen LogP contribution in [0, 0.1) is 0 Å². The number of rotatable bonds is 3. The molecule has 0 spiro atoms. The summed E-state index contributed by atoms with van der Waals surface area (Å²) in [6.07, 6.45) is 4.12. The van der Waals surface area contributed by atoms with Crippen LogP contribution in [0.5, 0.6) is 0 Å². The Morgan fingerprint density at radius 2 is 1.91 bits per heavy atom. The molecule has 0 saturated heterocycles. The van der Waals surface area contributed by atoms with Gasteiger partial charge in [-0.2, -0.15) is 0 Å². The minimum atomic E-state index is 0.548. The fourth-order valence-corrected chi connectivity index (χ4v) is 2.93. The van der Waals surface area contributed by atoms with Gasteiger partial charge in [0.2, 0.25) is 0 Å². The Labute approximate surface area is 133 Å². The average Bonchev–Trinajstić information content (AvgIpc) is 3.29. The van der Waals surface area contributed by atoms with Crippen LogP contribution in [0.2, 0.25) is 5.15 Å². The van der Waals surface area contributed by atoms with Crippen molar-refractivity contribution in [3.8, 4) is 22.5 Å². The third-order valence-corrected chi connectivity index (χ3v) is 4.19. The summed E-state index contributed by atoms with van der Waals surface area (Å²) < 4.78 is 1.92. The smallest absolute Gasteiger partial charge is 0.164 e. The number of aryl methyl sites for hydroxylation is 1. The minimum absolute atomic E-state index is 0.548. The van der Waals surface area contributed by atoms with Crippen LogP contribution in [0.1, 0.15) is 24.5 Å². The average molecular weight is 311 g/mol. The largest absolute Gasteiger partial charge is 0.317 e. The van der Waals surface area contributed by atoms with Crippen molar-refractivity contribution >= 4 is 11.6 Å². The highest BCUT2D eigenvalue weighted by molar-refractivity contribution is 6.29. The molecule has 4 rings (SSSR count). The quantitative estimate of drug-likeness (QED) is 0.685. The van der Waals surface area contributed by atoms with Gasteiger partial charge >= 0.3 is 0 Å². The van der Waals surface area contributed by atoms with Gasteiger partial charge in [0.15, 0.2) is 5.82 Å². The van der Waals surface area contributed by atoms with E-state index in [1.165, 1.54) is 12.8 Å². The zero-order valence-corrected chi connectivity index (χ0v) is 13.0. The number of hydrogen-bond donors (Lipinski definition) is 0. The van der Waals surface area contributed by atoms with E-state index in [1.54, 1.807) is 6.33 Å². The lowest BCUT2D eigenvalue weighted by molar-refractivity contribution is 0.920. The number of halogens is 1. The second-order valence-corrected chi connectivity index (χ2v) is 6.08. The highest BCUT2D eigenvalue weighted by Crippen LogP contribution is 2.41. The summed E-state index contributed by atoms with van der Waals surface area (Å²) in [5.41, 5.74) is 4.33. The SMILES string of the molecule is Cn1cnnc1-c1ccccc1-c1cc(Cl)nc(C2CC2)c1. The summed E-state index contributed by atoms with van der Waals surface area (Å²) >= 11 is 6.24. The molecule has 0 radical (unpaired) electrons. The molecular weight excluding hydrogens is 296 g/mol. The molecule has 4 nitrogen and oxygen atoms in total. The molecule has 0 atom stereocenters. The van der Waals surface area contributed by atoms with Crippen molar-refractivity contribution in [1.29, 1.82) is 0 Å². The van der Waals surface area contributed by atoms with E-state index in [4.69, 9.17) is 11.6 Å². The minimum Gasteiger partial charge on any atom is -0.317 e. The van der Waals surface area contributed by atoms with Gasteiger partial charge in [0.25, 0.3) is 0 Å². The predicted molar refractivity (Wildman–Crippen MR) is 86.7 cm³/mol. The fourth-order valence-electron chi connectivity index (χ4n) is 2.72. The number of benzene rings is 1. The van der Waals surface area contributed by atoms with Gasteiger partial charge in [0, 0.05) is 24.2 Å². The second-order valence-electron chi connectivity index (χ2n) is 5.69. The highest BCUT2D eigenvalue weighted by Gasteiger charge is 2.26. The molecule has 0 N–H and O–H groups in total. The van der Waals surface area contributed by atoms with Gasteiger partial charge in [-0.05, 0) is 36.1 Å². The van der Waals surface area contributed by atoms with Gasteiger partial charge in [-0.3, -0.25) is 0 Å². The summed E-state index contributed by atoms with van der Waals surface area (Å²) in [5, 5.41) is 8.76. The van der Waals surface area contributed by atoms with Crippen LogP contribution in [0.15, 0.2) is 42.7 Å². The standard InChI is InChI=1S/C17H15ClN4/c1-22-10-19-21-17(22)14-5-3-2-4-13(14)12-8-15(11-6-7-11)20-16(18)9-12/h2-5,8-11H,6-7H2,1H3. The molecule has 1 fully saturated rings. The first-order chi connectivity index (χ1) is 10.7. The molecule has 0 aliphatic heterocycles. The molecule has 3 aromatic rings. The summed E-state index contributed by atoms with van der Waals surface area (Å²) in [4.78, 5) is 4.46. The summed E-state index contributed by atoms with van der Waals surface area (Å²) in [5.74, 6) is 1.41. The molecule has 1 saturated carbocycles. The molecule has 1 aliphatic rings. The van der Waals surface area contributed by atoms with Gasteiger partial charge in [0.05, 0.1) is 0 Å². The predicted octanol–water partition coefficient (Wildman–Crippen LogP) is 4.07. The van der Waals surface area contributed by atoms with Crippen molar-refractivity contribution in [2.75, 3.05) is 0 Å². The van der Waals surface area contributed by atoms with Gasteiger partial charge in [-0.25, -0.2) is 4.98 Å². The third kappa shape index (κ3) is 2.40. The number of hydrogen-bond acceptors (Lipinski definition) is 3. The summed E-state index contributed by atoms with van der Waals surface area (Å²) in [6, 6.07) is 12.3. The maximum atomic E-state index is 6.24. The molecule has 1 aromatic carbocycles. The van der Waals surface area contributed by atoms with Gasteiger partial charge in [0.1, 0.15) is 11.5 Å². The van der Waals surface area contributed by atoms with Crippen LogP contribution in [-0.4, -0.2) is 19.7 Å².